The monoisotopic (exact) mass is 355 g/mol. The van der Waals surface area contributed by atoms with Crippen molar-refractivity contribution in [2.45, 2.75) is 44.9 Å². The van der Waals surface area contributed by atoms with E-state index >= 15 is 0 Å². The maximum Gasteiger partial charge on any atom is 0.406 e. The molecule has 25 heavy (non-hydrogen) atoms. The molecule has 1 aromatic heterocycles. The lowest BCUT2D eigenvalue weighted by atomic mass is 10.0. The number of aromatic amines is 1. The van der Waals surface area contributed by atoms with Gasteiger partial charge in [0.1, 0.15) is 12.4 Å². The summed E-state index contributed by atoms with van der Waals surface area (Å²) in [5.74, 6) is 0.0762. The van der Waals surface area contributed by atoms with Crippen LogP contribution in [0.2, 0.25) is 0 Å². The molecule has 0 amide bonds. The second-order valence-corrected chi connectivity index (χ2v) is 5.78. The molecule has 0 aliphatic heterocycles. The number of H-pyrrole nitrogens is 1. The SMILES string of the molecule is C1CCC1.O=c1cc(NCc2ccccc2)[nH]c(=O)n1CC(F)(F)F. The Morgan fingerprint density at radius 2 is 1.64 bits per heavy atom. The van der Waals surface area contributed by atoms with Crippen molar-refractivity contribution in [1.29, 1.82) is 0 Å². The largest absolute Gasteiger partial charge is 0.406 e. The first-order valence-corrected chi connectivity index (χ1v) is 8.04. The predicted octanol–water partition coefficient (Wildman–Crippen LogP) is 3.27. The number of nitrogens with one attached hydrogen (secondary N) is 2. The molecule has 1 fully saturated rings. The van der Waals surface area contributed by atoms with E-state index in [0.717, 1.165) is 11.6 Å². The van der Waals surface area contributed by atoms with Gasteiger partial charge in [0.2, 0.25) is 0 Å². The van der Waals surface area contributed by atoms with Crippen LogP contribution in [0.15, 0.2) is 46.0 Å². The van der Waals surface area contributed by atoms with Gasteiger partial charge in [-0.3, -0.25) is 14.3 Å². The summed E-state index contributed by atoms with van der Waals surface area (Å²) < 4.78 is 36.8. The summed E-state index contributed by atoms with van der Waals surface area (Å²) in [4.78, 5) is 25.3. The van der Waals surface area contributed by atoms with Gasteiger partial charge in [-0.05, 0) is 5.56 Å². The molecule has 0 spiro atoms. The second-order valence-electron chi connectivity index (χ2n) is 5.78. The molecule has 2 aromatic rings. The number of alkyl halides is 3. The zero-order valence-electron chi connectivity index (χ0n) is 13.6. The smallest absolute Gasteiger partial charge is 0.367 e. The molecule has 1 aromatic carbocycles. The molecule has 1 heterocycles. The lowest BCUT2D eigenvalue weighted by Crippen LogP contribution is -2.39. The highest BCUT2D eigenvalue weighted by molar-refractivity contribution is 5.33. The Labute approximate surface area is 142 Å². The second kappa shape index (κ2) is 8.55. The summed E-state index contributed by atoms with van der Waals surface area (Å²) in [7, 11) is 0. The van der Waals surface area contributed by atoms with Crippen molar-refractivity contribution in [1.82, 2.24) is 9.55 Å². The van der Waals surface area contributed by atoms with E-state index in [1.165, 1.54) is 25.7 Å². The van der Waals surface area contributed by atoms with Gasteiger partial charge in [-0.1, -0.05) is 56.0 Å². The Hall–Kier alpha value is -2.51. The van der Waals surface area contributed by atoms with Crippen LogP contribution in [0.1, 0.15) is 31.2 Å². The van der Waals surface area contributed by atoms with Crippen LogP contribution < -0.4 is 16.6 Å². The highest BCUT2D eigenvalue weighted by atomic mass is 19.4. The van der Waals surface area contributed by atoms with Gasteiger partial charge in [0.05, 0.1) is 0 Å². The molecule has 0 saturated heterocycles. The Bertz CT molecular complexity index is 743. The average molecular weight is 355 g/mol. The minimum absolute atomic E-state index is 0.0762. The van der Waals surface area contributed by atoms with Gasteiger partial charge in [0, 0.05) is 12.6 Å². The van der Waals surface area contributed by atoms with Gasteiger partial charge in [-0.2, -0.15) is 13.2 Å². The molecule has 3 rings (SSSR count). The minimum Gasteiger partial charge on any atom is -0.367 e. The van der Waals surface area contributed by atoms with E-state index in [2.05, 4.69) is 10.3 Å². The third-order valence-electron chi connectivity index (χ3n) is 3.68. The van der Waals surface area contributed by atoms with Gasteiger partial charge < -0.3 is 5.32 Å². The van der Waals surface area contributed by atoms with Crippen LogP contribution in [-0.4, -0.2) is 15.7 Å². The third-order valence-corrected chi connectivity index (χ3v) is 3.68. The molecule has 0 bridgehead atoms. The first-order chi connectivity index (χ1) is 11.8. The molecule has 1 aliphatic rings. The molecule has 0 unspecified atom stereocenters. The lowest BCUT2D eigenvalue weighted by molar-refractivity contribution is -0.141. The molecule has 8 heteroatoms. The molecule has 2 N–H and O–H groups in total. The maximum absolute atomic E-state index is 12.2. The van der Waals surface area contributed by atoms with Crippen molar-refractivity contribution < 1.29 is 13.2 Å². The fourth-order valence-corrected chi connectivity index (χ4v) is 1.99. The van der Waals surface area contributed by atoms with Crippen LogP contribution >= 0.6 is 0 Å². The van der Waals surface area contributed by atoms with Gasteiger partial charge in [-0.15, -0.1) is 0 Å². The molecule has 1 aliphatic carbocycles. The zero-order chi connectivity index (χ0) is 18.3. The van der Waals surface area contributed by atoms with Crippen LogP contribution in [0.3, 0.4) is 0 Å². The van der Waals surface area contributed by atoms with Crippen LogP contribution in [0.4, 0.5) is 19.0 Å². The van der Waals surface area contributed by atoms with Crippen LogP contribution in [0, 0.1) is 0 Å². The van der Waals surface area contributed by atoms with Crippen LogP contribution in [0.25, 0.3) is 0 Å². The van der Waals surface area contributed by atoms with Crippen molar-refractivity contribution in [3.63, 3.8) is 0 Å². The summed E-state index contributed by atoms with van der Waals surface area (Å²) >= 11 is 0. The van der Waals surface area contributed by atoms with Crippen molar-refractivity contribution >= 4 is 5.82 Å². The Morgan fingerprint density at radius 3 is 2.12 bits per heavy atom. The van der Waals surface area contributed by atoms with E-state index in [1.54, 1.807) is 0 Å². The number of hydrogen-bond donors (Lipinski definition) is 2. The molecular formula is C17H20F3N3O2. The van der Waals surface area contributed by atoms with Crippen molar-refractivity contribution in [3.8, 4) is 0 Å². The van der Waals surface area contributed by atoms with Gasteiger partial charge in [0.25, 0.3) is 5.56 Å². The summed E-state index contributed by atoms with van der Waals surface area (Å²) in [6.45, 7) is -1.28. The maximum atomic E-state index is 12.2. The Balaban J connectivity index is 0.000000493. The Kier molecular flexibility index (Phi) is 6.44. The first kappa shape index (κ1) is 18.8. The highest BCUT2D eigenvalue weighted by Gasteiger charge is 2.29. The number of hydrogen-bond acceptors (Lipinski definition) is 3. The van der Waals surface area contributed by atoms with Crippen LogP contribution in [0.5, 0.6) is 0 Å². The van der Waals surface area contributed by atoms with Crippen molar-refractivity contribution in [2.75, 3.05) is 5.32 Å². The number of halogens is 3. The topological polar surface area (TPSA) is 66.9 Å². The van der Waals surface area contributed by atoms with Gasteiger partial charge in [0.15, 0.2) is 0 Å². The number of rotatable bonds is 4. The lowest BCUT2D eigenvalue weighted by Gasteiger charge is -2.10. The standard InChI is InChI=1S/C13H12F3N3O2.C4H8/c14-13(15,16)8-19-11(20)6-10(18-12(19)21)17-7-9-4-2-1-3-5-9;1-2-4-3-1/h1-6,17H,7-8H2,(H,18,21);1-4H2. The van der Waals surface area contributed by atoms with E-state index in [1.807, 2.05) is 30.3 Å². The molecular weight excluding hydrogens is 335 g/mol. The fraction of sp³-hybridized carbons (Fsp3) is 0.412. The predicted molar refractivity (Wildman–Crippen MR) is 89.6 cm³/mol. The average Bonchev–Trinajstić information content (AvgIpc) is 2.47. The summed E-state index contributed by atoms with van der Waals surface area (Å²) in [6, 6.07) is 10.1. The molecule has 136 valence electrons. The van der Waals surface area contributed by atoms with E-state index < -0.39 is 24.0 Å². The van der Waals surface area contributed by atoms with Gasteiger partial charge in [-0.25, -0.2) is 4.79 Å². The highest BCUT2D eigenvalue weighted by Crippen LogP contribution is 2.15. The van der Waals surface area contributed by atoms with E-state index in [9.17, 15) is 22.8 Å². The third kappa shape index (κ3) is 6.48. The molecule has 5 nitrogen and oxygen atoms in total. The number of benzene rings is 1. The minimum atomic E-state index is -4.63. The zero-order valence-corrected chi connectivity index (χ0v) is 13.6. The molecule has 0 radical (unpaired) electrons. The first-order valence-electron chi connectivity index (χ1n) is 8.04. The number of nitrogens with zero attached hydrogens (tertiary/aromatic N) is 1. The summed E-state index contributed by atoms with van der Waals surface area (Å²) in [5, 5.41) is 2.78. The normalized spacial score (nSPS) is 13.4. The van der Waals surface area contributed by atoms with Gasteiger partial charge >= 0.3 is 11.9 Å². The van der Waals surface area contributed by atoms with Crippen molar-refractivity contribution in [3.05, 3.63) is 62.8 Å². The Morgan fingerprint density at radius 1 is 1.04 bits per heavy atom. The van der Waals surface area contributed by atoms with E-state index in [-0.39, 0.29) is 10.4 Å². The van der Waals surface area contributed by atoms with E-state index in [4.69, 9.17) is 0 Å². The quantitative estimate of drug-likeness (QED) is 0.885. The summed E-state index contributed by atoms with van der Waals surface area (Å²) in [6.07, 6.45) is 1.37. The number of anilines is 1. The van der Waals surface area contributed by atoms with Crippen LogP contribution in [-0.2, 0) is 13.1 Å². The van der Waals surface area contributed by atoms with E-state index in [0.29, 0.717) is 6.54 Å². The number of aromatic nitrogens is 2. The summed E-state index contributed by atoms with van der Waals surface area (Å²) in [5.41, 5.74) is -1.21. The van der Waals surface area contributed by atoms with Crippen molar-refractivity contribution in [2.24, 2.45) is 0 Å². The fourth-order valence-electron chi connectivity index (χ4n) is 1.99. The molecule has 0 atom stereocenters. The molecule has 1 saturated carbocycles.